The van der Waals surface area contributed by atoms with Crippen molar-refractivity contribution in [3.8, 4) is 6.01 Å². The van der Waals surface area contributed by atoms with E-state index in [1.807, 2.05) is 25.1 Å². The Morgan fingerprint density at radius 3 is 2.49 bits per heavy atom. The topological polar surface area (TPSA) is 142 Å². The molecule has 10 nitrogen and oxygen atoms in total. The first-order chi connectivity index (χ1) is 16.6. The second-order valence-corrected chi connectivity index (χ2v) is 7.69. The molecule has 1 saturated heterocycles. The number of rotatable bonds is 5. The van der Waals surface area contributed by atoms with E-state index in [1.54, 1.807) is 18.3 Å². The Bertz CT molecular complexity index is 1130. The molecule has 4 N–H and O–H groups in total. The van der Waals surface area contributed by atoms with Crippen molar-refractivity contribution >= 4 is 23.6 Å². The molecule has 0 amide bonds. The molecule has 35 heavy (non-hydrogen) atoms. The van der Waals surface area contributed by atoms with Crippen LogP contribution in [-0.4, -0.2) is 56.5 Å². The highest BCUT2D eigenvalue weighted by Crippen LogP contribution is 2.27. The number of esters is 1. The van der Waals surface area contributed by atoms with Gasteiger partial charge >= 0.3 is 24.1 Å². The number of benzene rings is 1. The molecule has 0 aliphatic carbocycles. The standard InChI is InChI=1S/C20H22N6O2.C2HF3O2/c1-13-9-18(24-17-7-8-22-26-17)25-20(23-13)28-19(27)16-10-15(11-21-12-16)14-5-3-2-4-6-14;3-2(4,5)1(6)7/h2-9,15-16,21H,10-12H2,1H3,(H2,22,23,24,25,26);(H,6,7). The summed E-state index contributed by atoms with van der Waals surface area (Å²) < 4.78 is 37.2. The maximum atomic E-state index is 12.7. The Balaban J connectivity index is 0.000000429. The van der Waals surface area contributed by atoms with Crippen LogP contribution in [0.5, 0.6) is 6.01 Å². The molecule has 2 unspecified atom stereocenters. The number of halogens is 3. The number of ether oxygens (including phenoxy) is 1. The van der Waals surface area contributed by atoms with Crippen LogP contribution >= 0.6 is 0 Å². The molecule has 0 bridgehead atoms. The molecule has 186 valence electrons. The quantitative estimate of drug-likeness (QED) is 0.395. The summed E-state index contributed by atoms with van der Waals surface area (Å²) in [6.07, 6.45) is -2.71. The minimum absolute atomic E-state index is 0.0499. The van der Waals surface area contributed by atoms with Gasteiger partial charge in [0.2, 0.25) is 0 Å². The van der Waals surface area contributed by atoms with Gasteiger partial charge in [0.05, 0.1) is 12.1 Å². The number of aliphatic carboxylic acids is 1. The Morgan fingerprint density at radius 2 is 1.86 bits per heavy atom. The number of carboxylic acid groups (broad SMARTS) is 1. The van der Waals surface area contributed by atoms with Crippen LogP contribution in [0.1, 0.15) is 23.6 Å². The number of anilines is 2. The fraction of sp³-hybridized carbons (Fsp3) is 0.318. The number of nitrogens with zero attached hydrogens (tertiary/aromatic N) is 3. The lowest BCUT2D eigenvalue weighted by atomic mass is 9.85. The Labute approximate surface area is 197 Å². The van der Waals surface area contributed by atoms with Crippen molar-refractivity contribution in [1.82, 2.24) is 25.5 Å². The van der Waals surface area contributed by atoms with Gasteiger partial charge in [-0.2, -0.15) is 28.2 Å². The lowest BCUT2D eigenvalue weighted by molar-refractivity contribution is -0.192. The number of piperidine rings is 1. The van der Waals surface area contributed by atoms with Crippen LogP contribution in [-0.2, 0) is 9.59 Å². The van der Waals surface area contributed by atoms with Crippen molar-refractivity contribution in [1.29, 1.82) is 0 Å². The van der Waals surface area contributed by atoms with E-state index in [2.05, 4.69) is 42.9 Å². The monoisotopic (exact) mass is 492 g/mol. The van der Waals surface area contributed by atoms with Gasteiger partial charge in [0.1, 0.15) is 11.6 Å². The van der Waals surface area contributed by atoms with Gasteiger partial charge in [0.15, 0.2) is 0 Å². The SMILES string of the molecule is Cc1cc(Nc2ccn[nH]2)nc(OC(=O)C2CNCC(c3ccccc3)C2)n1.O=C(O)C(F)(F)F. The number of carboxylic acids is 1. The third-order valence-electron chi connectivity index (χ3n) is 4.99. The van der Waals surface area contributed by atoms with Crippen LogP contribution in [0.3, 0.4) is 0 Å². The molecule has 3 heterocycles. The van der Waals surface area contributed by atoms with Gasteiger partial charge in [0, 0.05) is 30.9 Å². The minimum atomic E-state index is -5.08. The highest BCUT2D eigenvalue weighted by Gasteiger charge is 2.38. The lowest BCUT2D eigenvalue weighted by Crippen LogP contribution is -2.40. The van der Waals surface area contributed by atoms with Crippen LogP contribution in [0.25, 0.3) is 0 Å². The van der Waals surface area contributed by atoms with Crippen molar-refractivity contribution in [3.05, 3.63) is 59.9 Å². The molecule has 1 aliphatic heterocycles. The first-order valence-electron chi connectivity index (χ1n) is 10.5. The molecule has 1 aliphatic rings. The molecule has 3 aromatic rings. The summed E-state index contributed by atoms with van der Waals surface area (Å²) in [6, 6.07) is 13.8. The van der Waals surface area contributed by atoms with E-state index in [-0.39, 0.29) is 23.8 Å². The van der Waals surface area contributed by atoms with E-state index in [9.17, 15) is 18.0 Å². The van der Waals surface area contributed by atoms with Gasteiger partial charge < -0.3 is 20.5 Å². The second-order valence-electron chi connectivity index (χ2n) is 7.69. The maximum absolute atomic E-state index is 12.7. The predicted molar refractivity (Wildman–Crippen MR) is 118 cm³/mol. The van der Waals surface area contributed by atoms with Gasteiger partial charge in [-0.1, -0.05) is 30.3 Å². The highest BCUT2D eigenvalue weighted by molar-refractivity contribution is 5.75. The number of aromatic nitrogens is 4. The van der Waals surface area contributed by atoms with Gasteiger partial charge in [-0.25, -0.2) is 4.79 Å². The normalized spacial score (nSPS) is 17.6. The van der Waals surface area contributed by atoms with Crippen LogP contribution in [0.15, 0.2) is 48.7 Å². The van der Waals surface area contributed by atoms with E-state index in [0.29, 0.717) is 23.9 Å². The van der Waals surface area contributed by atoms with Crippen LogP contribution in [0, 0.1) is 12.8 Å². The molecule has 13 heteroatoms. The zero-order valence-electron chi connectivity index (χ0n) is 18.5. The van der Waals surface area contributed by atoms with E-state index in [0.717, 1.165) is 13.0 Å². The fourth-order valence-electron chi connectivity index (χ4n) is 3.39. The Morgan fingerprint density at radius 1 is 1.14 bits per heavy atom. The number of hydrogen-bond donors (Lipinski definition) is 4. The lowest BCUT2D eigenvalue weighted by Gasteiger charge is -2.28. The number of hydrogen-bond acceptors (Lipinski definition) is 8. The first kappa shape index (κ1) is 25.6. The summed E-state index contributed by atoms with van der Waals surface area (Å²) in [5.41, 5.74) is 1.93. The molecule has 0 saturated carbocycles. The van der Waals surface area contributed by atoms with Gasteiger partial charge in [-0.05, 0) is 24.8 Å². The summed E-state index contributed by atoms with van der Waals surface area (Å²) in [7, 11) is 0. The highest BCUT2D eigenvalue weighted by atomic mass is 19.4. The van der Waals surface area contributed by atoms with Gasteiger partial charge in [-0.15, -0.1) is 0 Å². The average Bonchev–Trinajstić information content (AvgIpc) is 3.32. The molecule has 2 aromatic heterocycles. The molecule has 1 aromatic carbocycles. The van der Waals surface area contributed by atoms with E-state index in [4.69, 9.17) is 14.6 Å². The smallest absolute Gasteiger partial charge is 0.475 e. The summed E-state index contributed by atoms with van der Waals surface area (Å²) in [5, 5.41) is 20.2. The van der Waals surface area contributed by atoms with Gasteiger partial charge in [-0.3, -0.25) is 9.89 Å². The number of aromatic amines is 1. The van der Waals surface area contributed by atoms with Crippen LogP contribution < -0.4 is 15.4 Å². The zero-order chi connectivity index (χ0) is 25.4. The molecule has 0 spiro atoms. The molecular weight excluding hydrogens is 469 g/mol. The maximum Gasteiger partial charge on any atom is 0.490 e. The Kier molecular flexibility index (Phi) is 8.36. The third-order valence-corrected chi connectivity index (χ3v) is 4.99. The number of aryl methyl sites for hydroxylation is 1. The van der Waals surface area contributed by atoms with Crippen molar-refractivity contribution in [2.45, 2.75) is 25.4 Å². The molecule has 0 radical (unpaired) electrons. The molecule has 1 fully saturated rings. The minimum Gasteiger partial charge on any atom is -0.475 e. The van der Waals surface area contributed by atoms with Crippen molar-refractivity contribution in [2.75, 3.05) is 18.4 Å². The van der Waals surface area contributed by atoms with Crippen molar-refractivity contribution in [3.63, 3.8) is 0 Å². The number of carbonyl (C=O) groups is 2. The number of alkyl halides is 3. The molecule has 4 rings (SSSR count). The van der Waals surface area contributed by atoms with E-state index >= 15 is 0 Å². The summed E-state index contributed by atoms with van der Waals surface area (Å²) in [5.74, 6) is -1.81. The largest absolute Gasteiger partial charge is 0.490 e. The predicted octanol–water partition coefficient (Wildman–Crippen LogP) is 3.18. The van der Waals surface area contributed by atoms with Crippen LogP contribution in [0.2, 0.25) is 0 Å². The second kappa shape index (κ2) is 11.4. The van der Waals surface area contributed by atoms with Crippen molar-refractivity contribution < 1.29 is 32.6 Å². The number of H-pyrrole nitrogens is 1. The summed E-state index contributed by atoms with van der Waals surface area (Å²) >= 11 is 0. The first-order valence-corrected chi connectivity index (χ1v) is 10.5. The summed E-state index contributed by atoms with van der Waals surface area (Å²) in [4.78, 5) is 30.1. The average molecular weight is 492 g/mol. The molecular formula is C22H23F3N6O4. The van der Waals surface area contributed by atoms with E-state index in [1.165, 1.54) is 5.56 Å². The third kappa shape index (κ3) is 7.78. The van der Waals surface area contributed by atoms with Crippen molar-refractivity contribution in [2.24, 2.45) is 5.92 Å². The van der Waals surface area contributed by atoms with E-state index < -0.39 is 12.1 Å². The zero-order valence-corrected chi connectivity index (χ0v) is 18.5. The molecule has 2 atom stereocenters. The number of nitrogens with one attached hydrogen (secondary N) is 3. The Hall–Kier alpha value is -4.00. The van der Waals surface area contributed by atoms with Gasteiger partial charge in [0.25, 0.3) is 0 Å². The van der Waals surface area contributed by atoms with Crippen LogP contribution in [0.4, 0.5) is 24.8 Å². The summed E-state index contributed by atoms with van der Waals surface area (Å²) in [6.45, 7) is 3.27. The number of carbonyl (C=O) groups excluding carboxylic acids is 1. The fourth-order valence-corrected chi connectivity index (χ4v) is 3.39.